The molecule has 0 atom stereocenters. The first-order valence-electron chi connectivity index (χ1n) is 9.18. The van der Waals surface area contributed by atoms with E-state index in [0.29, 0.717) is 37.8 Å². The number of hydrogen-bond acceptors (Lipinski definition) is 6. The van der Waals surface area contributed by atoms with Crippen LogP contribution < -0.4 is 14.8 Å². The maximum absolute atomic E-state index is 12.2. The number of ether oxygens (including phenoxy) is 4. The molecule has 0 aromatic heterocycles. The number of morpholine rings is 1. The Morgan fingerprint density at radius 1 is 1.27 bits per heavy atom. The second kappa shape index (κ2) is 11.7. The largest absolute Gasteiger partial charge is 0.493 e. The van der Waals surface area contributed by atoms with Crippen molar-refractivity contribution in [3.05, 3.63) is 23.8 Å². The average molecular weight is 366 g/mol. The van der Waals surface area contributed by atoms with Crippen LogP contribution in [0.1, 0.15) is 18.9 Å². The van der Waals surface area contributed by atoms with Crippen LogP contribution in [0.5, 0.6) is 11.5 Å². The summed E-state index contributed by atoms with van der Waals surface area (Å²) in [5.41, 5.74) is 1.10. The summed E-state index contributed by atoms with van der Waals surface area (Å²) in [5, 5.41) is 3.38. The lowest BCUT2D eigenvalue weighted by atomic mass is 10.2. The van der Waals surface area contributed by atoms with Crippen molar-refractivity contribution in [2.45, 2.75) is 19.9 Å². The number of nitrogens with one attached hydrogen (secondary N) is 1. The summed E-state index contributed by atoms with van der Waals surface area (Å²) >= 11 is 0. The van der Waals surface area contributed by atoms with Crippen LogP contribution in [0.4, 0.5) is 0 Å². The predicted octanol–water partition coefficient (Wildman–Crippen LogP) is 1.45. The summed E-state index contributed by atoms with van der Waals surface area (Å²) < 4.78 is 21.6. The van der Waals surface area contributed by atoms with Gasteiger partial charge in [0.25, 0.3) is 5.91 Å². The van der Waals surface area contributed by atoms with Crippen molar-refractivity contribution in [2.75, 3.05) is 59.8 Å². The first-order chi connectivity index (χ1) is 12.7. The highest BCUT2D eigenvalue weighted by Gasteiger charge is 2.18. The van der Waals surface area contributed by atoms with E-state index in [9.17, 15) is 4.79 Å². The van der Waals surface area contributed by atoms with Gasteiger partial charge in [0.05, 0.1) is 20.3 Å². The molecule has 0 radical (unpaired) electrons. The van der Waals surface area contributed by atoms with Gasteiger partial charge in [0, 0.05) is 32.8 Å². The number of nitrogens with zero attached hydrogens (tertiary/aromatic N) is 1. The molecular formula is C19H30N2O5. The van der Waals surface area contributed by atoms with Crippen molar-refractivity contribution in [1.82, 2.24) is 10.2 Å². The van der Waals surface area contributed by atoms with E-state index in [1.165, 1.54) is 0 Å². The highest BCUT2D eigenvalue weighted by molar-refractivity contribution is 5.78. The third-order valence-corrected chi connectivity index (χ3v) is 4.12. The molecule has 26 heavy (non-hydrogen) atoms. The Morgan fingerprint density at radius 2 is 2.08 bits per heavy atom. The van der Waals surface area contributed by atoms with Gasteiger partial charge < -0.3 is 29.2 Å². The molecule has 1 aromatic carbocycles. The number of hydrogen-bond donors (Lipinski definition) is 1. The topological polar surface area (TPSA) is 69.3 Å². The Balaban J connectivity index is 1.78. The molecule has 1 aliphatic rings. The van der Waals surface area contributed by atoms with Crippen LogP contribution in [0.3, 0.4) is 0 Å². The third kappa shape index (κ3) is 6.82. The fourth-order valence-electron chi connectivity index (χ4n) is 2.66. The average Bonchev–Trinajstić information content (AvgIpc) is 2.69. The molecule has 0 bridgehead atoms. The first kappa shape index (κ1) is 20.5. The molecule has 146 valence electrons. The van der Waals surface area contributed by atoms with Crippen molar-refractivity contribution < 1.29 is 23.7 Å². The minimum atomic E-state index is -0.0320. The normalized spacial score (nSPS) is 14.3. The van der Waals surface area contributed by atoms with Crippen molar-refractivity contribution >= 4 is 5.91 Å². The van der Waals surface area contributed by atoms with Gasteiger partial charge in [-0.2, -0.15) is 0 Å². The zero-order valence-electron chi connectivity index (χ0n) is 15.8. The molecule has 2 rings (SSSR count). The molecule has 1 N–H and O–H groups in total. The Bertz CT molecular complexity index is 547. The molecule has 0 unspecified atom stereocenters. The molecule has 0 aliphatic carbocycles. The minimum Gasteiger partial charge on any atom is -0.493 e. The Kier molecular flexibility index (Phi) is 9.23. The van der Waals surface area contributed by atoms with E-state index in [2.05, 4.69) is 5.32 Å². The molecule has 7 nitrogen and oxygen atoms in total. The fraction of sp³-hybridized carbons (Fsp3) is 0.632. The van der Waals surface area contributed by atoms with Crippen molar-refractivity contribution in [3.63, 3.8) is 0 Å². The molecule has 1 heterocycles. The molecule has 1 saturated heterocycles. The molecule has 7 heteroatoms. The summed E-state index contributed by atoms with van der Waals surface area (Å²) in [4.78, 5) is 13.9. The standard InChI is InChI=1S/C19H30N2O5/c1-3-24-10-4-7-20-14-16-5-6-17(18(13-16)23-2)26-15-19(22)21-8-11-25-12-9-21/h5-6,13,20H,3-4,7-12,14-15H2,1-2H3. The van der Waals surface area contributed by atoms with Crippen LogP contribution >= 0.6 is 0 Å². The molecule has 0 saturated carbocycles. The van der Waals surface area contributed by atoms with Gasteiger partial charge >= 0.3 is 0 Å². The first-order valence-corrected chi connectivity index (χ1v) is 9.18. The maximum atomic E-state index is 12.2. The van der Waals surface area contributed by atoms with Crippen LogP contribution in [-0.4, -0.2) is 70.6 Å². The molecule has 0 spiro atoms. The maximum Gasteiger partial charge on any atom is 0.260 e. The van der Waals surface area contributed by atoms with E-state index in [0.717, 1.165) is 38.3 Å². The second-order valence-electron chi connectivity index (χ2n) is 5.99. The van der Waals surface area contributed by atoms with Crippen LogP contribution in [0.2, 0.25) is 0 Å². The molecular weight excluding hydrogens is 336 g/mol. The number of benzene rings is 1. The smallest absolute Gasteiger partial charge is 0.260 e. The minimum absolute atomic E-state index is 0.00534. The Hall–Kier alpha value is -1.83. The van der Waals surface area contributed by atoms with Gasteiger partial charge in [-0.3, -0.25) is 4.79 Å². The lowest BCUT2D eigenvalue weighted by molar-refractivity contribution is -0.137. The van der Waals surface area contributed by atoms with E-state index in [4.69, 9.17) is 18.9 Å². The highest BCUT2D eigenvalue weighted by atomic mass is 16.5. The van der Waals surface area contributed by atoms with E-state index < -0.39 is 0 Å². The fourth-order valence-corrected chi connectivity index (χ4v) is 2.66. The zero-order chi connectivity index (χ0) is 18.6. The van der Waals surface area contributed by atoms with Crippen LogP contribution in [0.15, 0.2) is 18.2 Å². The zero-order valence-corrected chi connectivity index (χ0v) is 15.8. The van der Waals surface area contributed by atoms with Crippen LogP contribution in [-0.2, 0) is 20.8 Å². The van der Waals surface area contributed by atoms with Crippen LogP contribution in [0, 0.1) is 0 Å². The van der Waals surface area contributed by atoms with E-state index in [1.807, 2.05) is 25.1 Å². The number of carbonyl (C=O) groups is 1. The Labute approximate surface area is 155 Å². The SMILES string of the molecule is CCOCCCNCc1ccc(OCC(=O)N2CCOCC2)c(OC)c1. The summed E-state index contributed by atoms with van der Waals surface area (Å²) in [5.74, 6) is 1.18. The number of amides is 1. The van der Waals surface area contributed by atoms with E-state index in [1.54, 1.807) is 12.0 Å². The predicted molar refractivity (Wildman–Crippen MR) is 98.7 cm³/mol. The lowest BCUT2D eigenvalue weighted by Gasteiger charge is -2.26. The number of carbonyl (C=O) groups excluding carboxylic acids is 1. The van der Waals surface area contributed by atoms with Gasteiger partial charge in [0.15, 0.2) is 18.1 Å². The second-order valence-corrected chi connectivity index (χ2v) is 5.99. The molecule has 1 fully saturated rings. The van der Waals surface area contributed by atoms with Gasteiger partial charge in [-0.1, -0.05) is 6.07 Å². The quantitative estimate of drug-likeness (QED) is 0.598. The molecule has 1 aliphatic heterocycles. The third-order valence-electron chi connectivity index (χ3n) is 4.12. The van der Waals surface area contributed by atoms with Gasteiger partial charge in [0.1, 0.15) is 0 Å². The van der Waals surface area contributed by atoms with Crippen molar-refractivity contribution in [2.24, 2.45) is 0 Å². The van der Waals surface area contributed by atoms with Gasteiger partial charge in [0.2, 0.25) is 0 Å². The number of methoxy groups -OCH3 is 1. The monoisotopic (exact) mass is 366 g/mol. The summed E-state index contributed by atoms with van der Waals surface area (Å²) in [6, 6.07) is 5.76. The lowest BCUT2D eigenvalue weighted by Crippen LogP contribution is -2.43. The Morgan fingerprint density at radius 3 is 2.81 bits per heavy atom. The van der Waals surface area contributed by atoms with E-state index in [-0.39, 0.29) is 12.5 Å². The van der Waals surface area contributed by atoms with Gasteiger partial charge in [-0.05, 0) is 37.6 Å². The summed E-state index contributed by atoms with van der Waals surface area (Å²) in [7, 11) is 1.60. The van der Waals surface area contributed by atoms with Crippen molar-refractivity contribution in [3.8, 4) is 11.5 Å². The van der Waals surface area contributed by atoms with Crippen LogP contribution in [0.25, 0.3) is 0 Å². The van der Waals surface area contributed by atoms with Gasteiger partial charge in [-0.25, -0.2) is 0 Å². The van der Waals surface area contributed by atoms with Gasteiger partial charge in [-0.15, -0.1) is 0 Å². The number of rotatable bonds is 11. The summed E-state index contributed by atoms with van der Waals surface area (Å²) in [6.45, 7) is 7.58. The summed E-state index contributed by atoms with van der Waals surface area (Å²) in [6.07, 6.45) is 0.982. The highest BCUT2D eigenvalue weighted by Crippen LogP contribution is 2.28. The molecule has 1 aromatic rings. The van der Waals surface area contributed by atoms with E-state index >= 15 is 0 Å². The van der Waals surface area contributed by atoms with Crippen molar-refractivity contribution in [1.29, 1.82) is 0 Å². The molecule has 1 amide bonds.